The van der Waals surface area contributed by atoms with Crippen LogP contribution in [0.4, 0.5) is 0 Å². The fourth-order valence-electron chi connectivity index (χ4n) is 3.77. The Hall–Kier alpha value is -3.07. The number of nitrogens with zero attached hydrogens (tertiary/aromatic N) is 2. The minimum Gasteiger partial charge on any atom is -0.497 e. The van der Waals surface area contributed by atoms with Crippen molar-refractivity contribution in [2.24, 2.45) is 5.73 Å². The normalized spacial score (nSPS) is 22.0. The number of morpholine rings is 1. The number of hydrogen-bond acceptors (Lipinski definition) is 5. The van der Waals surface area contributed by atoms with Crippen LogP contribution in [0.25, 0.3) is 10.9 Å². The monoisotopic (exact) mass is 372 g/mol. The minimum atomic E-state index is -0.995. The Morgan fingerprint density at radius 2 is 2.07 bits per heavy atom. The van der Waals surface area contributed by atoms with Gasteiger partial charge < -0.3 is 30.0 Å². The molecule has 142 valence electrons. The number of methoxy groups -OCH3 is 1. The first-order valence-electron chi connectivity index (χ1n) is 8.66. The van der Waals surface area contributed by atoms with Crippen molar-refractivity contribution in [1.82, 2.24) is 14.8 Å². The van der Waals surface area contributed by atoms with Gasteiger partial charge in [-0.3, -0.25) is 14.4 Å². The summed E-state index contributed by atoms with van der Waals surface area (Å²) in [4.78, 5) is 42.4. The summed E-state index contributed by atoms with van der Waals surface area (Å²) in [5, 5.41) is 0.901. The second-order valence-electron chi connectivity index (χ2n) is 6.69. The molecule has 0 radical (unpaired) electrons. The summed E-state index contributed by atoms with van der Waals surface area (Å²) in [5.41, 5.74) is 6.39. The molecule has 0 aliphatic carbocycles. The van der Waals surface area contributed by atoms with Crippen LogP contribution in [0.2, 0.25) is 0 Å². The second kappa shape index (κ2) is 6.58. The Morgan fingerprint density at radius 3 is 2.81 bits per heavy atom. The minimum absolute atomic E-state index is 0.186. The topological polar surface area (TPSA) is 118 Å². The van der Waals surface area contributed by atoms with Gasteiger partial charge in [-0.05, 0) is 18.2 Å². The van der Waals surface area contributed by atoms with Gasteiger partial charge in [0.2, 0.25) is 0 Å². The molecule has 2 saturated heterocycles. The Bertz CT molecular complexity index is 924. The van der Waals surface area contributed by atoms with Gasteiger partial charge in [-0.25, -0.2) is 0 Å². The summed E-state index contributed by atoms with van der Waals surface area (Å²) in [6, 6.07) is 6.95. The van der Waals surface area contributed by atoms with Crippen LogP contribution in [-0.4, -0.2) is 78.0 Å². The Morgan fingerprint density at radius 1 is 1.26 bits per heavy atom. The predicted octanol–water partition coefficient (Wildman–Crippen LogP) is -0.286. The number of hydrogen-bond donors (Lipinski definition) is 2. The maximum absolute atomic E-state index is 12.9. The molecule has 0 unspecified atom stereocenters. The summed E-state index contributed by atoms with van der Waals surface area (Å²) in [6.45, 7) is 1.25. The maximum Gasteiger partial charge on any atom is 0.312 e. The Kier molecular flexibility index (Phi) is 4.23. The van der Waals surface area contributed by atoms with Gasteiger partial charge in [0.1, 0.15) is 11.4 Å². The number of ether oxygens (including phenoxy) is 2. The third-order valence-corrected chi connectivity index (χ3v) is 5.12. The summed E-state index contributed by atoms with van der Waals surface area (Å²) < 4.78 is 10.9. The van der Waals surface area contributed by atoms with E-state index in [1.807, 2.05) is 18.2 Å². The summed E-state index contributed by atoms with van der Waals surface area (Å²) in [6.07, 6.45) is -0.324. The fraction of sp³-hybridized carbons (Fsp3) is 0.389. The third-order valence-electron chi connectivity index (χ3n) is 5.12. The van der Waals surface area contributed by atoms with Crippen molar-refractivity contribution < 1.29 is 23.9 Å². The van der Waals surface area contributed by atoms with Crippen LogP contribution in [0, 0.1) is 0 Å². The van der Waals surface area contributed by atoms with Gasteiger partial charge in [-0.2, -0.15) is 0 Å². The SMILES string of the molecule is COc1ccc2cc(C(=O)N3C[C@@H]4OCCN(C(=O)C(N)=O)[C@@H]4C3)[nH]c2c1. The van der Waals surface area contributed by atoms with Crippen molar-refractivity contribution in [3.05, 3.63) is 30.0 Å². The van der Waals surface area contributed by atoms with E-state index in [0.29, 0.717) is 31.1 Å². The molecule has 27 heavy (non-hydrogen) atoms. The number of carbonyl (C=O) groups excluding carboxylic acids is 3. The largest absolute Gasteiger partial charge is 0.497 e. The van der Waals surface area contributed by atoms with Gasteiger partial charge in [-0.1, -0.05) is 0 Å². The van der Waals surface area contributed by atoms with E-state index in [1.54, 1.807) is 18.1 Å². The Balaban J connectivity index is 1.55. The van der Waals surface area contributed by atoms with Gasteiger partial charge in [0.05, 0.1) is 25.9 Å². The molecular weight excluding hydrogens is 352 g/mol. The number of amides is 3. The summed E-state index contributed by atoms with van der Waals surface area (Å²) in [5.74, 6) is -1.22. The van der Waals surface area contributed by atoms with E-state index < -0.39 is 11.8 Å². The predicted molar refractivity (Wildman–Crippen MR) is 95.2 cm³/mol. The highest BCUT2D eigenvalue weighted by molar-refractivity contribution is 6.34. The summed E-state index contributed by atoms with van der Waals surface area (Å²) in [7, 11) is 1.58. The van der Waals surface area contributed by atoms with Gasteiger partial charge in [0.25, 0.3) is 5.91 Å². The number of benzene rings is 1. The number of likely N-dealkylation sites (tertiary alicyclic amines) is 1. The van der Waals surface area contributed by atoms with Crippen LogP contribution >= 0.6 is 0 Å². The van der Waals surface area contributed by atoms with Crippen molar-refractivity contribution in [2.75, 3.05) is 33.4 Å². The van der Waals surface area contributed by atoms with E-state index in [-0.39, 0.29) is 24.6 Å². The summed E-state index contributed by atoms with van der Waals surface area (Å²) >= 11 is 0. The molecule has 0 spiro atoms. The zero-order valence-electron chi connectivity index (χ0n) is 14.8. The second-order valence-corrected chi connectivity index (χ2v) is 6.69. The molecule has 2 atom stereocenters. The molecule has 3 heterocycles. The first-order chi connectivity index (χ1) is 13.0. The number of H-pyrrole nitrogens is 1. The lowest BCUT2D eigenvalue weighted by Crippen LogP contribution is -2.56. The van der Waals surface area contributed by atoms with E-state index in [9.17, 15) is 14.4 Å². The van der Waals surface area contributed by atoms with Crippen LogP contribution in [0.1, 0.15) is 10.5 Å². The highest BCUT2D eigenvalue weighted by Crippen LogP contribution is 2.26. The smallest absolute Gasteiger partial charge is 0.312 e. The number of aromatic amines is 1. The molecule has 9 nitrogen and oxygen atoms in total. The number of nitrogens with one attached hydrogen (secondary N) is 1. The molecule has 4 rings (SSSR count). The maximum atomic E-state index is 12.9. The molecule has 0 bridgehead atoms. The van der Waals surface area contributed by atoms with E-state index in [0.717, 1.165) is 10.9 Å². The van der Waals surface area contributed by atoms with E-state index >= 15 is 0 Å². The quantitative estimate of drug-likeness (QED) is 0.703. The van der Waals surface area contributed by atoms with Crippen molar-refractivity contribution in [2.45, 2.75) is 12.1 Å². The number of fused-ring (bicyclic) bond motifs is 2. The number of rotatable bonds is 2. The molecule has 0 saturated carbocycles. The highest BCUT2D eigenvalue weighted by atomic mass is 16.5. The molecule has 3 amide bonds. The molecule has 9 heteroatoms. The Labute approximate surface area is 155 Å². The van der Waals surface area contributed by atoms with Crippen LogP contribution in [-0.2, 0) is 14.3 Å². The van der Waals surface area contributed by atoms with E-state index in [2.05, 4.69) is 4.98 Å². The third kappa shape index (κ3) is 2.99. The molecule has 2 aliphatic heterocycles. The zero-order chi connectivity index (χ0) is 19.1. The number of primary amides is 1. The molecule has 1 aromatic heterocycles. The molecule has 3 N–H and O–H groups in total. The fourth-order valence-corrected chi connectivity index (χ4v) is 3.77. The first kappa shape index (κ1) is 17.3. The number of carbonyl (C=O) groups is 3. The lowest BCUT2D eigenvalue weighted by atomic mass is 10.1. The van der Waals surface area contributed by atoms with Crippen molar-refractivity contribution in [3.8, 4) is 5.75 Å². The van der Waals surface area contributed by atoms with Crippen LogP contribution in [0.3, 0.4) is 0 Å². The van der Waals surface area contributed by atoms with Gasteiger partial charge in [0, 0.05) is 36.6 Å². The number of aromatic nitrogens is 1. The lowest BCUT2D eigenvalue weighted by molar-refractivity contribution is -0.152. The highest BCUT2D eigenvalue weighted by Gasteiger charge is 2.44. The van der Waals surface area contributed by atoms with Crippen molar-refractivity contribution >= 4 is 28.6 Å². The first-order valence-corrected chi connectivity index (χ1v) is 8.66. The average molecular weight is 372 g/mol. The standard InChI is InChI=1S/C18H20N4O5/c1-26-11-3-2-10-6-13(20-12(10)7-11)17(24)21-8-14-15(9-21)27-5-4-22(14)18(25)16(19)23/h2-3,6-7,14-15,20H,4-5,8-9H2,1H3,(H2,19,23)/t14-,15+/m1/s1. The molecule has 1 aromatic carbocycles. The molecular formula is C18H20N4O5. The molecule has 2 aliphatic rings. The average Bonchev–Trinajstić information content (AvgIpc) is 3.29. The van der Waals surface area contributed by atoms with Gasteiger partial charge >= 0.3 is 11.8 Å². The van der Waals surface area contributed by atoms with Crippen molar-refractivity contribution in [1.29, 1.82) is 0 Å². The van der Waals surface area contributed by atoms with Gasteiger partial charge in [0.15, 0.2) is 0 Å². The van der Waals surface area contributed by atoms with Crippen LogP contribution in [0.5, 0.6) is 5.75 Å². The van der Waals surface area contributed by atoms with Crippen molar-refractivity contribution in [3.63, 3.8) is 0 Å². The van der Waals surface area contributed by atoms with Gasteiger partial charge in [-0.15, -0.1) is 0 Å². The molecule has 2 aromatic rings. The number of nitrogens with two attached hydrogens (primary N) is 1. The molecule has 2 fully saturated rings. The van der Waals surface area contributed by atoms with E-state index in [1.165, 1.54) is 4.90 Å². The van der Waals surface area contributed by atoms with Crippen LogP contribution in [0.15, 0.2) is 24.3 Å². The van der Waals surface area contributed by atoms with E-state index in [4.69, 9.17) is 15.2 Å². The lowest BCUT2D eigenvalue weighted by Gasteiger charge is -2.35. The van der Waals surface area contributed by atoms with Crippen LogP contribution < -0.4 is 10.5 Å². The zero-order valence-corrected chi connectivity index (χ0v) is 14.8.